The molecule has 1 heterocycles. The lowest BCUT2D eigenvalue weighted by atomic mass is 9.95. The second kappa shape index (κ2) is 4.22. The van der Waals surface area contributed by atoms with Crippen molar-refractivity contribution in [2.24, 2.45) is 0 Å². The second-order valence-corrected chi connectivity index (χ2v) is 4.57. The first-order valence-electron chi connectivity index (χ1n) is 5.70. The van der Waals surface area contributed by atoms with Crippen molar-refractivity contribution in [3.63, 3.8) is 0 Å². The molecule has 4 heteroatoms. The van der Waals surface area contributed by atoms with Gasteiger partial charge in [-0.2, -0.15) is 0 Å². The number of nitrogens with one attached hydrogen (secondary N) is 1. The minimum Gasteiger partial charge on any atom is -0.478 e. The highest BCUT2D eigenvalue weighted by Crippen LogP contribution is 2.32. The Labute approximate surface area is 105 Å². The largest absolute Gasteiger partial charge is 0.478 e. The number of carboxylic acid groups (broad SMARTS) is 1. The Hall–Kier alpha value is -2.23. The lowest BCUT2D eigenvalue weighted by Crippen LogP contribution is -2.02. The number of benzene rings is 1. The third-order valence-corrected chi connectivity index (χ3v) is 3.05. The molecule has 0 aliphatic heterocycles. The van der Waals surface area contributed by atoms with Crippen LogP contribution in [0.25, 0.3) is 11.3 Å². The number of aromatic carboxylic acids is 1. The van der Waals surface area contributed by atoms with E-state index >= 15 is 0 Å². The summed E-state index contributed by atoms with van der Waals surface area (Å²) < 4.78 is 0. The summed E-state index contributed by atoms with van der Waals surface area (Å²) in [6.07, 6.45) is 1.53. The van der Waals surface area contributed by atoms with Crippen LogP contribution in [0.4, 0.5) is 5.69 Å². The molecule has 4 N–H and O–H groups in total. The quantitative estimate of drug-likeness (QED) is 0.760. The number of aromatic amines is 1. The number of aromatic nitrogens is 1. The van der Waals surface area contributed by atoms with Crippen LogP contribution in [0.3, 0.4) is 0 Å². The van der Waals surface area contributed by atoms with Crippen molar-refractivity contribution in [1.82, 2.24) is 4.98 Å². The summed E-state index contributed by atoms with van der Waals surface area (Å²) >= 11 is 0. The molecule has 0 aliphatic carbocycles. The van der Waals surface area contributed by atoms with Gasteiger partial charge in [-0.3, -0.25) is 0 Å². The predicted octanol–water partition coefficient (Wildman–Crippen LogP) is 2.89. The minimum atomic E-state index is -1.01. The molecule has 2 rings (SSSR count). The number of H-pyrrole nitrogens is 1. The first-order chi connectivity index (χ1) is 8.41. The Morgan fingerprint density at radius 2 is 1.78 bits per heavy atom. The van der Waals surface area contributed by atoms with Crippen LogP contribution in [-0.4, -0.2) is 16.1 Å². The van der Waals surface area contributed by atoms with Gasteiger partial charge in [0.1, 0.15) is 5.56 Å². The van der Waals surface area contributed by atoms with Crippen molar-refractivity contribution in [1.29, 1.82) is 0 Å². The number of nitrogen functional groups attached to an aromatic ring is 1. The van der Waals surface area contributed by atoms with Crippen LogP contribution in [0, 0.1) is 20.8 Å². The van der Waals surface area contributed by atoms with Crippen LogP contribution in [0.2, 0.25) is 0 Å². The number of hydrogen-bond donors (Lipinski definition) is 3. The van der Waals surface area contributed by atoms with Gasteiger partial charge in [0.15, 0.2) is 0 Å². The van der Waals surface area contributed by atoms with E-state index in [4.69, 9.17) is 5.73 Å². The van der Waals surface area contributed by atoms with Crippen molar-refractivity contribution in [3.8, 4) is 11.3 Å². The van der Waals surface area contributed by atoms with Gasteiger partial charge in [0.2, 0.25) is 0 Å². The van der Waals surface area contributed by atoms with Crippen molar-refractivity contribution in [2.75, 3.05) is 5.73 Å². The molecule has 0 amide bonds. The maximum absolute atomic E-state index is 11.3. The molecule has 0 saturated carbocycles. The fourth-order valence-electron chi connectivity index (χ4n) is 2.44. The number of rotatable bonds is 2. The fraction of sp³-hybridized carbons (Fsp3) is 0.214. The minimum absolute atomic E-state index is 0.144. The molecule has 0 atom stereocenters. The highest BCUT2D eigenvalue weighted by molar-refractivity contribution is 6.01. The van der Waals surface area contributed by atoms with Crippen molar-refractivity contribution < 1.29 is 9.90 Å². The summed E-state index contributed by atoms with van der Waals surface area (Å²) in [4.78, 5) is 14.2. The Morgan fingerprint density at radius 1 is 1.22 bits per heavy atom. The topological polar surface area (TPSA) is 79.1 Å². The van der Waals surface area contributed by atoms with Gasteiger partial charge in [-0.05, 0) is 31.9 Å². The van der Waals surface area contributed by atoms with Crippen LogP contribution in [-0.2, 0) is 0 Å². The second-order valence-electron chi connectivity index (χ2n) is 4.57. The molecule has 0 spiro atoms. The Balaban J connectivity index is 2.74. The molecule has 1 aromatic carbocycles. The van der Waals surface area contributed by atoms with Crippen LogP contribution in [0.1, 0.15) is 27.0 Å². The first kappa shape index (κ1) is 12.2. The summed E-state index contributed by atoms with van der Waals surface area (Å²) in [6.45, 7) is 5.96. The molecule has 0 radical (unpaired) electrons. The SMILES string of the molecule is Cc1cc(C)c(-c2[nH]cc(N)c2C(=O)O)c(C)c1. The van der Waals surface area contributed by atoms with Crippen LogP contribution in [0.15, 0.2) is 18.3 Å². The summed E-state index contributed by atoms with van der Waals surface area (Å²) in [7, 11) is 0. The maximum Gasteiger partial charge on any atom is 0.340 e. The third kappa shape index (κ3) is 1.86. The van der Waals surface area contributed by atoms with E-state index in [0.29, 0.717) is 5.69 Å². The molecule has 2 aromatic rings. The molecule has 4 nitrogen and oxygen atoms in total. The summed E-state index contributed by atoms with van der Waals surface area (Å²) in [5.74, 6) is -1.01. The normalized spacial score (nSPS) is 10.6. The standard InChI is InChI=1S/C14H16N2O2/c1-7-4-8(2)11(9(3)5-7)13-12(14(17)18)10(15)6-16-13/h4-6,16H,15H2,1-3H3,(H,17,18). The zero-order valence-corrected chi connectivity index (χ0v) is 10.7. The van der Waals surface area contributed by atoms with Crippen molar-refractivity contribution in [3.05, 3.63) is 40.6 Å². The van der Waals surface area contributed by atoms with Gasteiger partial charge in [0.05, 0.1) is 11.4 Å². The number of hydrogen-bond acceptors (Lipinski definition) is 2. The number of anilines is 1. The van der Waals surface area contributed by atoms with Gasteiger partial charge in [0.25, 0.3) is 0 Å². The summed E-state index contributed by atoms with van der Waals surface area (Å²) in [5.41, 5.74) is 10.8. The first-order valence-corrected chi connectivity index (χ1v) is 5.70. The highest BCUT2D eigenvalue weighted by atomic mass is 16.4. The zero-order valence-electron chi connectivity index (χ0n) is 10.7. The molecular weight excluding hydrogens is 228 g/mol. The average molecular weight is 244 g/mol. The maximum atomic E-state index is 11.3. The van der Waals surface area contributed by atoms with E-state index in [-0.39, 0.29) is 11.3 Å². The van der Waals surface area contributed by atoms with Crippen LogP contribution in [0.5, 0.6) is 0 Å². The average Bonchev–Trinajstić information content (AvgIpc) is 2.58. The lowest BCUT2D eigenvalue weighted by molar-refractivity contribution is 0.0699. The highest BCUT2D eigenvalue weighted by Gasteiger charge is 2.20. The molecular formula is C14H16N2O2. The molecule has 0 fully saturated rings. The number of aryl methyl sites for hydroxylation is 3. The Morgan fingerprint density at radius 3 is 2.28 bits per heavy atom. The van der Waals surface area contributed by atoms with Gasteiger partial charge in [-0.1, -0.05) is 17.7 Å². The molecule has 94 valence electrons. The number of carbonyl (C=O) groups is 1. The van der Waals surface area contributed by atoms with Gasteiger partial charge in [-0.15, -0.1) is 0 Å². The Bertz CT molecular complexity index is 604. The monoisotopic (exact) mass is 244 g/mol. The predicted molar refractivity (Wildman–Crippen MR) is 71.8 cm³/mol. The van der Waals surface area contributed by atoms with Crippen molar-refractivity contribution in [2.45, 2.75) is 20.8 Å². The number of carboxylic acids is 1. The van der Waals surface area contributed by atoms with E-state index in [0.717, 1.165) is 22.3 Å². The smallest absolute Gasteiger partial charge is 0.340 e. The van der Waals surface area contributed by atoms with Crippen LogP contribution >= 0.6 is 0 Å². The Kier molecular flexibility index (Phi) is 2.87. The summed E-state index contributed by atoms with van der Waals surface area (Å²) in [6, 6.07) is 4.07. The molecule has 1 aromatic heterocycles. The van der Waals surface area contributed by atoms with Crippen molar-refractivity contribution >= 4 is 11.7 Å². The third-order valence-electron chi connectivity index (χ3n) is 3.05. The van der Waals surface area contributed by atoms with E-state index in [2.05, 4.69) is 4.98 Å². The van der Waals surface area contributed by atoms with Gasteiger partial charge < -0.3 is 15.8 Å². The van der Waals surface area contributed by atoms with E-state index in [1.807, 2.05) is 32.9 Å². The summed E-state index contributed by atoms with van der Waals surface area (Å²) in [5, 5.41) is 9.23. The van der Waals surface area contributed by atoms with Crippen LogP contribution < -0.4 is 5.73 Å². The lowest BCUT2D eigenvalue weighted by Gasteiger charge is -2.11. The number of nitrogens with two attached hydrogens (primary N) is 1. The molecule has 0 aliphatic rings. The van der Waals surface area contributed by atoms with E-state index in [1.165, 1.54) is 6.20 Å². The molecule has 0 unspecified atom stereocenters. The van der Waals surface area contributed by atoms with Gasteiger partial charge in [0, 0.05) is 11.8 Å². The molecule has 18 heavy (non-hydrogen) atoms. The zero-order chi connectivity index (χ0) is 13.4. The molecule has 0 bridgehead atoms. The van der Waals surface area contributed by atoms with E-state index < -0.39 is 5.97 Å². The van der Waals surface area contributed by atoms with E-state index in [1.54, 1.807) is 0 Å². The van der Waals surface area contributed by atoms with Gasteiger partial charge in [-0.25, -0.2) is 4.79 Å². The fourth-order valence-corrected chi connectivity index (χ4v) is 2.44. The van der Waals surface area contributed by atoms with Gasteiger partial charge >= 0.3 is 5.97 Å². The molecule has 0 saturated heterocycles. The van der Waals surface area contributed by atoms with E-state index in [9.17, 15) is 9.90 Å².